The number of hydrogen-bond acceptors (Lipinski definition) is 1. The van der Waals surface area contributed by atoms with Gasteiger partial charge in [0.2, 0.25) is 0 Å². The van der Waals surface area contributed by atoms with E-state index < -0.39 is 29.2 Å². The minimum absolute atomic E-state index is 0.0217. The molecule has 2 nitrogen and oxygen atoms in total. The number of rotatable bonds is 3. The summed E-state index contributed by atoms with van der Waals surface area (Å²) in [7, 11) is 0. The van der Waals surface area contributed by atoms with Crippen LogP contribution in [0, 0.1) is 11.6 Å². The van der Waals surface area contributed by atoms with E-state index in [9.17, 15) is 26.7 Å². The number of Topliss-reactive ketones (excluding diaryl/α,β-unsaturated/α-hetero) is 1. The van der Waals surface area contributed by atoms with Gasteiger partial charge < -0.3 is 4.57 Å². The molecule has 1 aromatic carbocycles. The fourth-order valence-corrected chi connectivity index (χ4v) is 1.70. The number of halogens is 5. The summed E-state index contributed by atoms with van der Waals surface area (Å²) in [6, 6.07) is 3.79. The molecular weight excluding hydrogens is 281 g/mol. The van der Waals surface area contributed by atoms with Gasteiger partial charge in [0.15, 0.2) is 0 Å². The van der Waals surface area contributed by atoms with Gasteiger partial charge >= 0.3 is 6.18 Å². The van der Waals surface area contributed by atoms with Gasteiger partial charge in [-0.3, -0.25) is 4.79 Å². The summed E-state index contributed by atoms with van der Waals surface area (Å²) in [5.74, 6) is -3.31. The van der Waals surface area contributed by atoms with E-state index in [1.165, 1.54) is 10.8 Å². The number of carbonyl (C=O) groups excluding carboxylic acids is 1. The lowest BCUT2D eigenvalue weighted by molar-refractivity contribution is -0.0885. The number of hydrogen-bond donors (Lipinski definition) is 0. The molecule has 0 aliphatic carbocycles. The van der Waals surface area contributed by atoms with E-state index in [0.29, 0.717) is 0 Å². The lowest BCUT2D eigenvalue weighted by atomic mass is 10.2. The van der Waals surface area contributed by atoms with Crippen molar-refractivity contribution in [3.05, 3.63) is 59.4 Å². The van der Waals surface area contributed by atoms with Crippen LogP contribution in [-0.2, 0) is 6.54 Å². The van der Waals surface area contributed by atoms with Gasteiger partial charge in [0.1, 0.15) is 11.6 Å². The molecule has 0 fully saturated rings. The van der Waals surface area contributed by atoms with Crippen molar-refractivity contribution >= 4 is 5.78 Å². The Bertz CT molecular complexity index is 644. The largest absolute Gasteiger partial charge is 0.454 e. The van der Waals surface area contributed by atoms with Crippen LogP contribution in [0.4, 0.5) is 22.0 Å². The highest BCUT2D eigenvalue weighted by Gasteiger charge is 2.39. The van der Waals surface area contributed by atoms with Crippen LogP contribution >= 0.6 is 0 Å². The maximum absolute atomic E-state index is 13.4. The standard InChI is InChI=1S/C13H8F5NO/c14-10-1-2-11(15)9(5-10)7-19-4-3-8(6-19)12(20)13(16,17)18/h1-6H,7H2. The van der Waals surface area contributed by atoms with Gasteiger partial charge in [0.25, 0.3) is 5.78 Å². The van der Waals surface area contributed by atoms with Crippen molar-refractivity contribution < 1.29 is 26.7 Å². The SMILES string of the molecule is O=C(c1ccn(Cc2cc(F)ccc2F)c1)C(F)(F)F. The topological polar surface area (TPSA) is 22.0 Å². The summed E-state index contributed by atoms with van der Waals surface area (Å²) >= 11 is 0. The monoisotopic (exact) mass is 289 g/mol. The molecule has 0 saturated heterocycles. The summed E-state index contributed by atoms with van der Waals surface area (Å²) in [6.45, 7) is -0.172. The number of aromatic nitrogens is 1. The highest BCUT2D eigenvalue weighted by molar-refractivity contribution is 6.00. The summed E-state index contributed by atoms with van der Waals surface area (Å²) in [5.41, 5.74) is -0.569. The summed E-state index contributed by atoms with van der Waals surface area (Å²) in [6.07, 6.45) is -2.82. The molecule has 0 atom stereocenters. The van der Waals surface area contributed by atoms with E-state index in [-0.39, 0.29) is 12.1 Å². The molecule has 2 aromatic rings. The molecule has 7 heteroatoms. The Morgan fingerprint density at radius 2 is 1.85 bits per heavy atom. The Morgan fingerprint density at radius 3 is 2.50 bits per heavy atom. The fraction of sp³-hybridized carbons (Fsp3) is 0.154. The second-order valence-electron chi connectivity index (χ2n) is 4.14. The van der Waals surface area contributed by atoms with Gasteiger partial charge in [0, 0.05) is 23.5 Å². The van der Waals surface area contributed by atoms with Gasteiger partial charge in [-0.15, -0.1) is 0 Å². The van der Waals surface area contributed by atoms with Crippen molar-refractivity contribution in [2.45, 2.75) is 12.7 Å². The Labute approximate surface area is 110 Å². The van der Waals surface area contributed by atoms with E-state index in [1.807, 2.05) is 0 Å². The third-order valence-electron chi connectivity index (χ3n) is 2.63. The lowest BCUT2D eigenvalue weighted by Crippen LogP contribution is -2.22. The van der Waals surface area contributed by atoms with Gasteiger partial charge in [-0.05, 0) is 24.3 Å². The Kier molecular flexibility index (Phi) is 3.61. The fourth-order valence-electron chi connectivity index (χ4n) is 1.70. The number of ketones is 1. The molecular formula is C13H8F5NO. The molecule has 0 radical (unpaired) electrons. The third-order valence-corrected chi connectivity index (χ3v) is 2.63. The van der Waals surface area contributed by atoms with Crippen LogP contribution in [0.3, 0.4) is 0 Å². The van der Waals surface area contributed by atoms with Crippen LogP contribution in [0.25, 0.3) is 0 Å². The normalized spacial score (nSPS) is 11.7. The molecule has 1 aromatic heterocycles. The Balaban J connectivity index is 2.22. The van der Waals surface area contributed by atoms with Gasteiger partial charge in [-0.2, -0.15) is 13.2 Å². The average molecular weight is 289 g/mol. The van der Waals surface area contributed by atoms with E-state index in [0.717, 1.165) is 30.5 Å². The first kappa shape index (κ1) is 14.2. The molecule has 0 spiro atoms. The van der Waals surface area contributed by atoms with Crippen molar-refractivity contribution in [2.24, 2.45) is 0 Å². The third kappa shape index (κ3) is 3.04. The van der Waals surface area contributed by atoms with Crippen molar-refractivity contribution in [1.82, 2.24) is 4.57 Å². The molecule has 0 aliphatic rings. The molecule has 0 bridgehead atoms. The minimum Gasteiger partial charge on any atom is -0.349 e. The van der Waals surface area contributed by atoms with E-state index in [1.54, 1.807) is 0 Å². The minimum atomic E-state index is -4.96. The first-order valence-corrected chi connectivity index (χ1v) is 5.48. The number of benzene rings is 1. The molecule has 0 N–H and O–H groups in total. The van der Waals surface area contributed by atoms with Gasteiger partial charge in [-0.25, -0.2) is 8.78 Å². The van der Waals surface area contributed by atoms with E-state index in [4.69, 9.17) is 0 Å². The van der Waals surface area contributed by atoms with E-state index >= 15 is 0 Å². The Hall–Kier alpha value is -2.18. The number of carbonyl (C=O) groups is 1. The first-order chi connectivity index (χ1) is 9.27. The molecule has 0 aliphatic heterocycles. The van der Waals surface area contributed by atoms with Crippen molar-refractivity contribution in [3.63, 3.8) is 0 Å². The molecule has 0 amide bonds. The second kappa shape index (κ2) is 5.07. The maximum Gasteiger partial charge on any atom is 0.454 e. The predicted octanol–water partition coefficient (Wildman–Crippen LogP) is 3.56. The maximum atomic E-state index is 13.4. The van der Waals surface area contributed by atoms with Crippen LogP contribution in [-0.4, -0.2) is 16.5 Å². The van der Waals surface area contributed by atoms with Crippen LogP contribution in [0.2, 0.25) is 0 Å². The zero-order chi connectivity index (χ0) is 14.9. The van der Waals surface area contributed by atoms with Crippen LogP contribution < -0.4 is 0 Å². The highest BCUT2D eigenvalue weighted by atomic mass is 19.4. The van der Waals surface area contributed by atoms with Crippen molar-refractivity contribution in [3.8, 4) is 0 Å². The van der Waals surface area contributed by atoms with Crippen LogP contribution in [0.5, 0.6) is 0 Å². The molecule has 1 heterocycles. The summed E-state index contributed by atoms with van der Waals surface area (Å²) < 4.78 is 64.2. The zero-order valence-electron chi connectivity index (χ0n) is 9.92. The van der Waals surface area contributed by atoms with Crippen molar-refractivity contribution in [2.75, 3.05) is 0 Å². The summed E-state index contributed by atoms with van der Waals surface area (Å²) in [4.78, 5) is 11.0. The van der Waals surface area contributed by atoms with Crippen molar-refractivity contribution in [1.29, 1.82) is 0 Å². The van der Waals surface area contributed by atoms with Gasteiger partial charge in [-0.1, -0.05) is 0 Å². The van der Waals surface area contributed by atoms with Crippen LogP contribution in [0.15, 0.2) is 36.7 Å². The highest BCUT2D eigenvalue weighted by Crippen LogP contribution is 2.22. The first-order valence-electron chi connectivity index (χ1n) is 5.48. The lowest BCUT2D eigenvalue weighted by Gasteiger charge is -2.05. The number of alkyl halides is 3. The number of nitrogens with zero attached hydrogens (tertiary/aromatic N) is 1. The van der Waals surface area contributed by atoms with Gasteiger partial charge in [0.05, 0.1) is 6.54 Å². The Morgan fingerprint density at radius 1 is 1.15 bits per heavy atom. The summed E-state index contributed by atoms with van der Waals surface area (Å²) in [5, 5.41) is 0. The second-order valence-corrected chi connectivity index (χ2v) is 4.14. The average Bonchev–Trinajstić information content (AvgIpc) is 2.80. The smallest absolute Gasteiger partial charge is 0.349 e. The molecule has 0 saturated carbocycles. The molecule has 106 valence electrons. The predicted molar refractivity (Wildman–Crippen MR) is 60.3 cm³/mol. The molecule has 0 unspecified atom stereocenters. The van der Waals surface area contributed by atoms with Crippen LogP contribution in [0.1, 0.15) is 15.9 Å². The quantitative estimate of drug-likeness (QED) is 0.625. The van der Waals surface area contributed by atoms with E-state index in [2.05, 4.69) is 0 Å². The zero-order valence-corrected chi connectivity index (χ0v) is 9.92. The molecule has 20 heavy (non-hydrogen) atoms. The molecule has 2 rings (SSSR count).